The summed E-state index contributed by atoms with van der Waals surface area (Å²) in [5.41, 5.74) is 0. The van der Waals surface area contributed by atoms with Crippen molar-refractivity contribution in [3.63, 3.8) is 0 Å². The Morgan fingerprint density at radius 2 is 2.00 bits per heavy atom. The minimum absolute atomic E-state index is 0.0668. The van der Waals surface area contributed by atoms with E-state index in [9.17, 15) is 9.59 Å². The molecule has 13 heavy (non-hydrogen) atoms. The molecule has 0 unspecified atom stereocenters. The van der Waals surface area contributed by atoms with Crippen LogP contribution >= 0.6 is 0 Å². The predicted molar refractivity (Wildman–Crippen MR) is 52.4 cm³/mol. The molecule has 0 aliphatic heterocycles. The Kier molecular flexibility index (Phi) is 5.85. The molecule has 0 rings (SSSR count). The molecule has 0 aliphatic carbocycles. The van der Waals surface area contributed by atoms with Gasteiger partial charge in [0.05, 0.1) is 0 Å². The minimum Gasteiger partial charge on any atom is -0.342 e. The van der Waals surface area contributed by atoms with Crippen molar-refractivity contribution in [3.05, 3.63) is 12.7 Å². The average molecular weight is 183 g/mol. The van der Waals surface area contributed by atoms with Gasteiger partial charge in [-0.2, -0.15) is 0 Å². The number of nitrogens with zero attached hydrogens (tertiary/aromatic N) is 1. The van der Waals surface area contributed by atoms with Gasteiger partial charge in [-0.25, -0.2) is 0 Å². The monoisotopic (exact) mass is 183 g/mol. The van der Waals surface area contributed by atoms with Crippen LogP contribution in [0.2, 0.25) is 0 Å². The van der Waals surface area contributed by atoms with Crippen molar-refractivity contribution < 1.29 is 9.59 Å². The summed E-state index contributed by atoms with van der Waals surface area (Å²) >= 11 is 0. The first-order valence-corrected chi connectivity index (χ1v) is 4.45. The van der Waals surface area contributed by atoms with Crippen LogP contribution < -0.4 is 0 Å². The first-order valence-electron chi connectivity index (χ1n) is 4.45. The lowest BCUT2D eigenvalue weighted by Crippen LogP contribution is -2.25. The topological polar surface area (TPSA) is 37.4 Å². The van der Waals surface area contributed by atoms with E-state index in [-0.39, 0.29) is 11.7 Å². The summed E-state index contributed by atoms with van der Waals surface area (Å²) in [5.74, 6) is 0.139. The molecule has 0 saturated carbocycles. The molecule has 1 amide bonds. The zero-order chi connectivity index (χ0) is 10.3. The number of rotatable bonds is 6. The van der Waals surface area contributed by atoms with Gasteiger partial charge in [0.2, 0.25) is 5.91 Å². The number of ketones is 1. The van der Waals surface area contributed by atoms with Crippen LogP contribution in [0.3, 0.4) is 0 Å². The normalized spacial score (nSPS) is 9.38. The van der Waals surface area contributed by atoms with Crippen molar-refractivity contribution in [2.24, 2.45) is 0 Å². The molecular formula is C10H17NO2. The van der Waals surface area contributed by atoms with Crippen molar-refractivity contribution in [3.8, 4) is 0 Å². The van der Waals surface area contributed by atoms with E-state index in [1.165, 1.54) is 6.08 Å². The van der Waals surface area contributed by atoms with E-state index in [1.54, 1.807) is 18.9 Å². The number of amides is 1. The molecule has 3 nitrogen and oxygen atoms in total. The molecule has 0 radical (unpaired) electrons. The summed E-state index contributed by atoms with van der Waals surface area (Å²) in [6, 6.07) is 0. The van der Waals surface area contributed by atoms with Crippen molar-refractivity contribution in [2.75, 3.05) is 13.6 Å². The van der Waals surface area contributed by atoms with Gasteiger partial charge in [-0.05, 0) is 25.8 Å². The second kappa shape index (κ2) is 6.40. The van der Waals surface area contributed by atoms with E-state index in [2.05, 4.69) is 6.58 Å². The number of Topliss-reactive ketones (excluding diaryl/α,β-unsaturated/α-hetero) is 1. The molecule has 0 fully saturated rings. The van der Waals surface area contributed by atoms with Crippen LogP contribution in [-0.2, 0) is 9.59 Å². The molecule has 0 aromatic heterocycles. The van der Waals surface area contributed by atoms with Gasteiger partial charge >= 0.3 is 0 Å². The Morgan fingerprint density at radius 1 is 1.38 bits per heavy atom. The standard InChI is InChI=1S/C10H17NO2/c1-4-10(13)11(3)8-6-5-7-9(2)12/h4H,1,5-8H2,2-3H3. The smallest absolute Gasteiger partial charge is 0.245 e. The van der Waals surface area contributed by atoms with E-state index in [0.717, 1.165) is 12.8 Å². The van der Waals surface area contributed by atoms with Crippen LogP contribution in [0.4, 0.5) is 0 Å². The zero-order valence-electron chi connectivity index (χ0n) is 8.38. The quantitative estimate of drug-likeness (QED) is 0.461. The van der Waals surface area contributed by atoms with E-state index < -0.39 is 0 Å². The maximum absolute atomic E-state index is 11.0. The number of hydrogen-bond donors (Lipinski definition) is 0. The van der Waals surface area contributed by atoms with Crippen LogP contribution in [-0.4, -0.2) is 30.2 Å². The molecule has 0 N–H and O–H groups in total. The molecule has 0 aliphatic rings. The molecule has 0 heterocycles. The van der Waals surface area contributed by atoms with Gasteiger partial charge < -0.3 is 9.69 Å². The molecule has 0 spiro atoms. The Labute approximate surface area is 79.4 Å². The fourth-order valence-electron chi connectivity index (χ4n) is 0.989. The van der Waals surface area contributed by atoms with Gasteiger partial charge in [-0.3, -0.25) is 4.79 Å². The SMILES string of the molecule is C=CC(=O)N(C)CCCCC(C)=O. The van der Waals surface area contributed by atoms with Gasteiger partial charge in [-0.15, -0.1) is 0 Å². The first-order chi connectivity index (χ1) is 6.07. The predicted octanol–water partition coefficient (Wildman–Crippen LogP) is 1.39. The molecule has 74 valence electrons. The summed E-state index contributed by atoms with van der Waals surface area (Å²) < 4.78 is 0. The van der Waals surface area contributed by atoms with E-state index in [0.29, 0.717) is 13.0 Å². The number of carbonyl (C=O) groups is 2. The van der Waals surface area contributed by atoms with Crippen molar-refractivity contribution in [1.29, 1.82) is 0 Å². The zero-order valence-corrected chi connectivity index (χ0v) is 8.38. The Hall–Kier alpha value is -1.12. The number of hydrogen-bond acceptors (Lipinski definition) is 2. The summed E-state index contributed by atoms with van der Waals surface area (Å²) in [6.45, 7) is 5.67. The second-order valence-electron chi connectivity index (χ2n) is 3.12. The highest BCUT2D eigenvalue weighted by atomic mass is 16.2. The highest BCUT2D eigenvalue weighted by Gasteiger charge is 2.02. The van der Waals surface area contributed by atoms with Crippen LogP contribution in [0.1, 0.15) is 26.2 Å². The molecular weight excluding hydrogens is 166 g/mol. The van der Waals surface area contributed by atoms with Crippen LogP contribution in [0, 0.1) is 0 Å². The van der Waals surface area contributed by atoms with Gasteiger partial charge in [0.1, 0.15) is 5.78 Å². The third-order valence-electron chi connectivity index (χ3n) is 1.82. The fraction of sp³-hybridized carbons (Fsp3) is 0.600. The van der Waals surface area contributed by atoms with Crippen molar-refractivity contribution in [1.82, 2.24) is 4.90 Å². The first kappa shape index (κ1) is 11.9. The highest BCUT2D eigenvalue weighted by Crippen LogP contribution is 1.98. The van der Waals surface area contributed by atoms with Gasteiger partial charge in [0, 0.05) is 20.0 Å². The molecule has 0 saturated heterocycles. The van der Waals surface area contributed by atoms with Crippen LogP contribution in [0.15, 0.2) is 12.7 Å². The lowest BCUT2D eigenvalue weighted by atomic mass is 10.2. The summed E-state index contributed by atoms with van der Waals surface area (Å²) in [7, 11) is 1.73. The lowest BCUT2D eigenvalue weighted by molar-refractivity contribution is -0.124. The van der Waals surface area contributed by atoms with Gasteiger partial charge in [0.15, 0.2) is 0 Å². The molecule has 0 atom stereocenters. The number of carbonyl (C=O) groups excluding carboxylic acids is 2. The molecule has 0 bridgehead atoms. The van der Waals surface area contributed by atoms with Gasteiger partial charge in [-0.1, -0.05) is 6.58 Å². The van der Waals surface area contributed by atoms with E-state index >= 15 is 0 Å². The van der Waals surface area contributed by atoms with Crippen LogP contribution in [0.5, 0.6) is 0 Å². The van der Waals surface area contributed by atoms with Crippen molar-refractivity contribution in [2.45, 2.75) is 26.2 Å². The van der Waals surface area contributed by atoms with E-state index in [4.69, 9.17) is 0 Å². The maximum atomic E-state index is 11.0. The summed E-state index contributed by atoms with van der Waals surface area (Å²) in [6.07, 6.45) is 3.63. The Bertz CT molecular complexity index is 199. The second-order valence-corrected chi connectivity index (χ2v) is 3.12. The fourth-order valence-corrected chi connectivity index (χ4v) is 0.989. The van der Waals surface area contributed by atoms with Gasteiger partial charge in [0.25, 0.3) is 0 Å². The molecule has 0 aromatic carbocycles. The largest absolute Gasteiger partial charge is 0.342 e. The summed E-state index contributed by atoms with van der Waals surface area (Å²) in [5, 5.41) is 0. The lowest BCUT2D eigenvalue weighted by Gasteiger charge is -2.13. The van der Waals surface area contributed by atoms with Crippen molar-refractivity contribution >= 4 is 11.7 Å². The number of unbranched alkanes of at least 4 members (excludes halogenated alkanes) is 1. The Morgan fingerprint density at radius 3 is 2.46 bits per heavy atom. The average Bonchev–Trinajstić information content (AvgIpc) is 2.10. The third kappa shape index (κ3) is 6.08. The van der Waals surface area contributed by atoms with E-state index in [1.807, 2.05) is 0 Å². The highest BCUT2D eigenvalue weighted by molar-refractivity contribution is 5.86. The maximum Gasteiger partial charge on any atom is 0.245 e. The minimum atomic E-state index is -0.0668. The number of likely N-dealkylation sites (N-methyl/N-ethyl adjacent to an activating group) is 1. The Balaban J connectivity index is 3.47. The molecule has 0 aromatic rings. The molecule has 3 heteroatoms. The van der Waals surface area contributed by atoms with Crippen LogP contribution in [0.25, 0.3) is 0 Å². The third-order valence-corrected chi connectivity index (χ3v) is 1.82. The summed E-state index contributed by atoms with van der Waals surface area (Å²) in [4.78, 5) is 23.2.